The minimum absolute atomic E-state index is 0.106. The Labute approximate surface area is 169 Å². The SMILES string of the molecule is CCc1ccccc1NC(=O)c1ccc(N2C(=O)[C@@H]3[C@H](C2=O)[C@@H]2C=C[C@@H]3C2)cc1. The monoisotopic (exact) mass is 386 g/mol. The van der Waals surface area contributed by atoms with Gasteiger partial charge in [0, 0.05) is 11.3 Å². The minimum atomic E-state index is -0.217. The third kappa shape index (κ3) is 2.72. The molecule has 0 unspecified atom stereocenters. The molecular formula is C24H22N2O3. The van der Waals surface area contributed by atoms with Gasteiger partial charge < -0.3 is 5.32 Å². The number of fused-ring (bicyclic) bond motifs is 5. The number of para-hydroxylation sites is 1. The number of anilines is 2. The minimum Gasteiger partial charge on any atom is -0.322 e. The van der Waals surface area contributed by atoms with Crippen LogP contribution < -0.4 is 10.2 Å². The Morgan fingerprint density at radius 3 is 2.21 bits per heavy atom. The van der Waals surface area contributed by atoms with E-state index in [4.69, 9.17) is 0 Å². The zero-order valence-corrected chi connectivity index (χ0v) is 16.2. The van der Waals surface area contributed by atoms with E-state index in [-0.39, 0.29) is 41.4 Å². The van der Waals surface area contributed by atoms with Gasteiger partial charge in [-0.1, -0.05) is 37.3 Å². The highest BCUT2D eigenvalue weighted by atomic mass is 16.2. The van der Waals surface area contributed by atoms with Crippen LogP contribution in [0.5, 0.6) is 0 Å². The van der Waals surface area contributed by atoms with E-state index in [1.54, 1.807) is 24.3 Å². The van der Waals surface area contributed by atoms with Gasteiger partial charge in [-0.05, 0) is 60.6 Å². The number of hydrogen-bond acceptors (Lipinski definition) is 3. The summed E-state index contributed by atoms with van der Waals surface area (Å²) in [4.78, 5) is 39.8. The summed E-state index contributed by atoms with van der Waals surface area (Å²) in [5, 5.41) is 2.94. The molecule has 2 bridgehead atoms. The lowest BCUT2D eigenvalue weighted by atomic mass is 9.85. The predicted octanol–water partition coefficient (Wildman–Crippen LogP) is 3.81. The Kier molecular flexibility index (Phi) is 4.12. The Bertz CT molecular complexity index is 1010. The molecular weight excluding hydrogens is 364 g/mol. The van der Waals surface area contributed by atoms with Crippen molar-refractivity contribution >= 4 is 29.1 Å². The van der Waals surface area contributed by atoms with E-state index in [1.165, 1.54) is 4.90 Å². The number of amides is 3. The average molecular weight is 386 g/mol. The first-order valence-corrected chi connectivity index (χ1v) is 10.1. The van der Waals surface area contributed by atoms with Gasteiger partial charge in [-0.3, -0.25) is 19.3 Å². The topological polar surface area (TPSA) is 66.5 Å². The molecule has 1 aliphatic heterocycles. The standard InChI is InChI=1S/C24H22N2O3/c1-2-14-5-3-4-6-19(14)25-22(27)15-9-11-18(12-10-15)26-23(28)20-16-7-8-17(13-16)21(20)24(26)29/h3-12,16-17,20-21H,2,13H2,1H3,(H,25,27)/t16-,17-,20-,21+/m1/s1. The van der Waals surface area contributed by atoms with Crippen molar-refractivity contribution in [1.82, 2.24) is 0 Å². The second-order valence-electron chi connectivity index (χ2n) is 8.02. The fourth-order valence-electron chi connectivity index (χ4n) is 5.06. The third-order valence-electron chi connectivity index (χ3n) is 6.50. The number of nitrogens with one attached hydrogen (secondary N) is 1. The summed E-state index contributed by atoms with van der Waals surface area (Å²) in [5.41, 5.74) is 2.89. The second-order valence-corrected chi connectivity index (χ2v) is 8.02. The number of rotatable bonds is 4. The van der Waals surface area contributed by atoms with Gasteiger partial charge >= 0.3 is 0 Å². The molecule has 4 atom stereocenters. The maximum Gasteiger partial charge on any atom is 0.255 e. The maximum absolute atomic E-state index is 12.9. The number of carbonyl (C=O) groups excluding carboxylic acids is 3. The molecule has 5 rings (SSSR count). The molecule has 5 heteroatoms. The molecule has 2 aromatic rings. The van der Waals surface area contributed by atoms with Crippen LogP contribution in [0, 0.1) is 23.7 Å². The average Bonchev–Trinajstić information content (AvgIpc) is 3.42. The predicted molar refractivity (Wildman–Crippen MR) is 110 cm³/mol. The number of benzene rings is 2. The molecule has 5 nitrogen and oxygen atoms in total. The van der Waals surface area contributed by atoms with Gasteiger partial charge in [0.05, 0.1) is 17.5 Å². The van der Waals surface area contributed by atoms with E-state index in [0.717, 1.165) is 24.1 Å². The number of aryl methyl sites for hydroxylation is 1. The summed E-state index contributed by atoms with van der Waals surface area (Å²) in [7, 11) is 0. The van der Waals surface area contributed by atoms with E-state index in [9.17, 15) is 14.4 Å². The van der Waals surface area contributed by atoms with Crippen LogP contribution in [0.15, 0.2) is 60.7 Å². The number of imide groups is 1. The van der Waals surface area contributed by atoms with Crippen LogP contribution >= 0.6 is 0 Å². The molecule has 2 aromatic carbocycles. The number of hydrogen-bond donors (Lipinski definition) is 1. The summed E-state index contributed by atoms with van der Waals surface area (Å²) >= 11 is 0. The Morgan fingerprint density at radius 2 is 1.59 bits per heavy atom. The Hall–Kier alpha value is -3.21. The second kappa shape index (κ2) is 6.69. The van der Waals surface area contributed by atoms with Crippen molar-refractivity contribution in [2.75, 3.05) is 10.2 Å². The molecule has 3 amide bonds. The zero-order chi connectivity index (χ0) is 20.1. The van der Waals surface area contributed by atoms with Gasteiger partial charge in [0.1, 0.15) is 0 Å². The molecule has 1 saturated carbocycles. The van der Waals surface area contributed by atoms with Crippen molar-refractivity contribution in [2.45, 2.75) is 19.8 Å². The Morgan fingerprint density at radius 1 is 0.966 bits per heavy atom. The highest BCUT2D eigenvalue weighted by Gasteiger charge is 2.59. The summed E-state index contributed by atoms with van der Waals surface area (Å²) < 4.78 is 0. The maximum atomic E-state index is 12.9. The number of allylic oxidation sites excluding steroid dienone is 2. The van der Waals surface area contributed by atoms with Gasteiger partial charge in [0.25, 0.3) is 5.91 Å². The molecule has 2 fully saturated rings. The van der Waals surface area contributed by atoms with Crippen molar-refractivity contribution < 1.29 is 14.4 Å². The quantitative estimate of drug-likeness (QED) is 0.642. The summed E-state index contributed by atoms with van der Waals surface area (Å²) in [6, 6.07) is 14.4. The Balaban J connectivity index is 1.35. The van der Waals surface area contributed by atoms with Crippen molar-refractivity contribution in [1.29, 1.82) is 0 Å². The fourth-order valence-corrected chi connectivity index (χ4v) is 5.06. The van der Waals surface area contributed by atoms with Crippen LogP contribution in [0.2, 0.25) is 0 Å². The third-order valence-corrected chi connectivity index (χ3v) is 6.50. The first-order valence-electron chi connectivity index (χ1n) is 10.1. The highest BCUT2D eigenvalue weighted by Crippen LogP contribution is 2.53. The van der Waals surface area contributed by atoms with E-state index >= 15 is 0 Å². The van der Waals surface area contributed by atoms with Gasteiger partial charge in [0.15, 0.2) is 0 Å². The van der Waals surface area contributed by atoms with Crippen molar-refractivity contribution in [3.05, 3.63) is 71.8 Å². The first-order chi connectivity index (χ1) is 14.1. The van der Waals surface area contributed by atoms with E-state index in [1.807, 2.05) is 31.2 Å². The highest BCUT2D eigenvalue weighted by molar-refractivity contribution is 6.23. The normalized spacial score (nSPS) is 26.9. The van der Waals surface area contributed by atoms with Crippen molar-refractivity contribution in [3.63, 3.8) is 0 Å². The number of carbonyl (C=O) groups is 3. The molecule has 3 aliphatic rings. The van der Waals surface area contributed by atoms with Gasteiger partial charge in [0.2, 0.25) is 11.8 Å². The molecule has 1 N–H and O–H groups in total. The lowest BCUT2D eigenvalue weighted by molar-refractivity contribution is -0.123. The molecule has 0 radical (unpaired) electrons. The van der Waals surface area contributed by atoms with Crippen LogP contribution in [0.1, 0.15) is 29.3 Å². The van der Waals surface area contributed by atoms with E-state index < -0.39 is 0 Å². The first kappa shape index (κ1) is 17.9. The van der Waals surface area contributed by atoms with Crippen LogP contribution in [-0.4, -0.2) is 17.7 Å². The zero-order valence-electron chi connectivity index (χ0n) is 16.2. The molecule has 0 spiro atoms. The summed E-state index contributed by atoms with van der Waals surface area (Å²) in [5.74, 6) is -0.477. The van der Waals surface area contributed by atoms with Gasteiger partial charge in [-0.2, -0.15) is 0 Å². The van der Waals surface area contributed by atoms with Crippen molar-refractivity contribution in [2.24, 2.45) is 23.7 Å². The van der Waals surface area contributed by atoms with Crippen molar-refractivity contribution in [3.8, 4) is 0 Å². The van der Waals surface area contributed by atoms with Gasteiger partial charge in [-0.25, -0.2) is 0 Å². The lowest BCUT2D eigenvalue weighted by Crippen LogP contribution is -2.32. The van der Waals surface area contributed by atoms with Crippen LogP contribution in [0.25, 0.3) is 0 Å². The van der Waals surface area contributed by atoms with Crippen LogP contribution in [0.3, 0.4) is 0 Å². The molecule has 29 heavy (non-hydrogen) atoms. The molecule has 1 saturated heterocycles. The summed E-state index contributed by atoms with van der Waals surface area (Å²) in [6.45, 7) is 2.04. The van der Waals surface area contributed by atoms with Crippen LogP contribution in [0.4, 0.5) is 11.4 Å². The molecule has 2 aliphatic carbocycles. The molecule has 1 heterocycles. The lowest BCUT2D eigenvalue weighted by Gasteiger charge is -2.17. The smallest absolute Gasteiger partial charge is 0.255 e. The van der Waals surface area contributed by atoms with E-state index in [2.05, 4.69) is 17.5 Å². The number of nitrogens with zero attached hydrogens (tertiary/aromatic N) is 1. The summed E-state index contributed by atoms with van der Waals surface area (Å²) in [6.07, 6.45) is 5.91. The van der Waals surface area contributed by atoms with Gasteiger partial charge in [-0.15, -0.1) is 0 Å². The molecule has 146 valence electrons. The fraction of sp³-hybridized carbons (Fsp3) is 0.292. The van der Waals surface area contributed by atoms with E-state index in [0.29, 0.717) is 11.3 Å². The molecule has 0 aromatic heterocycles. The largest absolute Gasteiger partial charge is 0.322 e. The van der Waals surface area contributed by atoms with Crippen LogP contribution in [-0.2, 0) is 16.0 Å².